The molecule has 0 aromatic heterocycles. The van der Waals surface area contributed by atoms with Gasteiger partial charge in [-0.1, -0.05) is 0 Å². The second kappa shape index (κ2) is 5.03. The second-order valence-corrected chi connectivity index (χ2v) is 3.69. The van der Waals surface area contributed by atoms with Gasteiger partial charge < -0.3 is 9.47 Å². The Labute approximate surface area is 103 Å². The zero-order valence-corrected chi connectivity index (χ0v) is 9.81. The maximum atomic E-state index is 13.2. The molecule has 0 saturated heterocycles. The van der Waals surface area contributed by atoms with Gasteiger partial charge in [0.05, 0.1) is 12.3 Å². The second-order valence-electron chi connectivity index (χ2n) is 3.69. The van der Waals surface area contributed by atoms with E-state index in [1.54, 1.807) is 6.92 Å². The molecular weight excluding hydrogens is 241 g/mol. The zero-order chi connectivity index (χ0) is 13.1. The van der Waals surface area contributed by atoms with E-state index in [0.717, 1.165) is 6.07 Å². The van der Waals surface area contributed by atoms with Crippen molar-refractivity contribution in [2.75, 3.05) is 24.7 Å². The van der Waals surface area contributed by atoms with Crippen molar-refractivity contribution < 1.29 is 23.5 Å². The van der Waals surface area contributed by atoms with E-state index in [1.165, 1.54) is 17.0 Å². The molecule has 1 aromatic carbocycles. The SMILES string of the molecule is CCOC(=O)CN1C(=O)COc2ccc(F)cc21. The Morgan fingerprint density at radius 2 is 2.33 bits per heavy atom. The lowest BCUT2D eigenvalue weighted by Crippen LogP contribution is -2.42. The number of hydrogen-bond acceptors (Lipinski definition) is 4. The summed E-state index contributed by atoms with van der Waals surface area (Å²) < 4.78 is 23.1. The fourth-order valence-corrected chi connectivity index (χ4v) is 1.68. The van der Waals surface area contributed by atoms with E-state index in [4.69, 9.17) is 9.47 Å². The minimum Gasteiger partial charge on any atom is -0.482 e. The summed E-state index contributed by atoms with van der Waals surface area (Å²) >= 11 is 0. The fourth-order valence-electron chi connectivity index (χ4n) is 1.68. The first-order chi connectivity index (χ1) is 8.61. The number of fused-ring (bicyclic) bond motifs is 1. The maximum absolute atomic E-state index is 13.2. The topological polar surface area (TPSA) is 55.8 Å². The summed E-state index contributed by atoms with van der Waals surface area (Å²) in [4.78, 5) is 24.2. The lowest BCUT2D eigenvalue weighted by molar-refractivity contribution is -0.142. The molecule has 18 heavy (non-hydrogen) atoms. The number of carbonyl (C=O) groups is 2. The molecule has 0 unspecified atom stereocenters. The summed E-state index contributed by atoms with van der Waals surface area (Å²) in [5.74, 6) is -1.06. The number of nitrogens with zero attached hydrogens (tertiary/aromatic N) is 1. The highest BCUT2D eigenvalue weighted by atomic mass is 19.1. The van der Waals surface area contributed by atoms with E-state index in [-0.39, 0.29) is 25.4 Å². The van der Waals surface area contributed by atoms with Crippen LogP contribution in [0.2, 0.25) is 0 Å². The summed E-state index contributed by atoms with van der Waals surface area (Å²) in [5.41, 5.74) is 0.249. The molecule has 1 aliphatic heterocycles. The van der Waals surface area contributed by atoms with Crippen molar-refractivity contribution in [2.45, 2.75) is 6.92 Å². The third kappa shape index (κ3) is 2.42. The van der Waals surface area contributed by atoms with Crippen LogP contribution in [0.15, 0.2) is 18.2 Å². The smallest absolute Gasteiger partial charge is 0.326 e. The average molecular weight is 253 g/mol. The Balaban J connectivity index is 2.27. The van der Waals surface area contributed by atoms with Crippen LogP contribution in [-0.2, 0) is 14.3 Å². The number of ether oxygens (including phenoxy) is 2. The maximum Gasteiger partial charge on any atom is 0.326 e. The summed E-state index contributed by atoms with van der Waals surface area (Å²) in [5, 5.41) is 0. The van der Waals surface area contributed by atoms with Crippen LogP contribution in [0.4, 0.5) is 10.1 Å². The van der Waals surface area contributed by atoms with Crippen LogP contribution in [0.5, 0.6) is 5.75 Å². The molecule has 1 aromatic rings. The predicted octanol–water partition coefficient (Wildman–Crippen LogP) is 1.11. The van der Waals surface area contributed by atoms with E-state index in [1.807, 2.05) is 0 Å². The summed E-state index contributed by atoms with van der Waals surface area (Å²) in [7, 11) is 0. The zero-order valence-electron chi connectivity index (χ0n) is 9.81. The van der Waals surface area contributed by atoms with Crippen LogP contribution < -0.4 is 9.64 Å². The molecule has 2 rings (SSSR count). The molecule has 1 heterocycles. The van der Waals surface area contributed by atoms with E-state index in [9.17, 15) is 14.0 Å². The van der Waals surface area contributed by atoms with E-state index in [2.05, 4.69) is 0 Å². The molecule has 96 valence electrons. The number of hydrogen-bond donors (Lipinski definition) is 0. The average Bonchev–Trinajstić information content (AvgIpc) is 2.33. The molecular formula is C12H12FNO4. The standard InChI is InChI=1S/C12H12FNO4/c1-2-17-12(16)6-14-9-5-8(13)3-4-10(9)18-7-11(14)15/h3-5H,2,6-7H2,1H3. The van der Waals surface area contributed by atoms with Crippen molar-refractivity contribution >= 4 is 17.6 Å². The van der Waals surface area contributed by atoms with E-state index in [0.29, 0.717) is 5.75 Å². The molecule has 0 radical (unpaired) electrons. The Morgan fingerprint density at radius 1 is 1.56 bits per heavy atom. The monoisotopic (exact) mass is 253 g/mol. The number of halogens is 1. The number of amides is 1. The number of benzene rings is 1. The molecule has 6 heteroatoms. The van der Waals surface area contributed by atoms with Gasteiger partial charge in [-0.2, -0.15) is 0 Å². The highest BCUT2D eigenvalue weighted by Gasteiger charge is 2.28. The first kappa shape index (κ1) is 12.3. The molecule has 0 atom stereocenters. The Hall–Kier alpha value is -2.11. The molecule has 1 aliphatic rings. The van der Waals surface area contributed by atoms with Gasteiger partial charge in [0, 0.05) is 6.07 Å². The molecule has 0 N–H and O–H groups in total. The van der Waals surface area contributed by atoms with Crippen molar-refractivity contribution in [3.63, 3.8) is 0 Å². The first-order valence-electron chi connectivity index (χ1n) is 5.50. The fraction of sp³-hybridized carbons (Fsp3) is 0.333. The van der Waals surface area contributed by atoms with Gasteiger partial charge in [0.15, 0.2) is 6.61 Å². The Bertz CT molecular complexity index is 489. The van der Waals surface area contributed by atoms with Crippen molar-refractivity contribution in [3.05, 3.63) is 24.0 Å². The van der Waals surface area contributed by atoms with Crippen molar-refractivity contribution in [3.8, 4) is 5.75 Å². The molecule has 1 amide bonds. The van der Waals surface area contributed by atoms with E-state index < -0.39 is 17.7 Å². The predicted molar refractivity (Wildman–Crippen MR) is 60.9 cm³/mol. The van der Waals surface area contributed by atoms with Crippen LogP contribution in [0.3, 0.4) is 0 Å². The van der Waals surface area contributed by atoms with Crippen LogP contribution in [0.25, 0.3) is 0 Å². The van der Waals surface area contributed by atoms with Crippen LogP contribution in [0.1, 0.15) is 6.92 Å². The molecule has 0 aliphatic carbocycles. The van der Waals surface area contributed by atoms with Gasteiger partial charge in [0.25, 0.3) is 5.91 Å². The van der Waals surface area contributed by atoms with Gasteiger partial charge in [-0.05, 0) is 19.1 Å². The summed E-state index contributed by atoms with van der Waals surface area (Å²) in [6.45, 7) is 1.49. The van der Waals surface area contributed by atoms with Crippen LogP contribution in [-0.4, -0.2) is 31.6 Å². The van der Waals surface area contributed by atoms with Crippen molar-refractivity contribution in [1.82, 2.24) is 0 Å². The first-order valence-corrected chi connectivity index (χ1v) is 5.50. The quantitative estimate of drug-likeness (QED) is 0.757. The highest BCUT2D eigenvalue weighted by molar-refractivity contribution is 6.01. The van der Waals surface area contributed by atoms with Crippen molar-refractivity contribution in [2.24, 2.45) is 0 Å². The normalized spacial score (nSPS) is 13.9. The number of rotatable bonds is 3. The molecule has 0 saturated carbocycles. The van der Waals surface area contributed by atoms with Gasteiger partial charge >= 0.3 is 5.97 Å². The summed E-state index contributed by atoms with van der Waals surface area (Å²) in [6.07, 6.45) is 0. The number of esters is 1. The van der Waals surface area contributed by atoms with Crippen LogP contribution in [0, 0.1) is 5.82 Å². The minimum atomic E-state index is -0.539. The van der Waals surface area contributed by atoms with Crippen LogP contribution >= 0.6 is 0 Å². The number of anilines is 1. The van der Waals surface area contributed by atoms with Gasteiger partial charge in [-0.25, -0.2) is 4.39 Å². The van der Waals surface area contributed by atoms with Gasteiger partial charge in [-0.3, -0.25) is 14.5 Å². The molecule has 0 fully saturated rings. The van der Waals surface area contributed by atoms with E-state index >= 15 is 0 Å². The lowest BCUT2D eigenvalue weighted by Gasteiger charge is -2.28. The largest absolute Gasteiger partial charge is 0.482 e. The van der Waals surface area contributed by atoms with Gasteiger partial charge in [-0.15, -0.1) is 0 Å². The van der Waals surface area contributed by atoms with Gasteiger partial charge in [0.1, 0.15) is 18.1 Å². The summed E-state index contributed by atoms with van der Waals surface area (Å²) in [6, 6.07) is 3.82. The van der Waals surface area contributed by atoms with Gasteiger partial charge in [0.2, 0.25) is 0 Å². The third-order valence-corrected chi connectivity index (χ3v) is 2.46. The molecule has 0 spiro atoms. The lowest BCUT2D eigenvalue weighted by atomic mass is 10.2. The Morgan fingerprint density at radius 3 is 3.06 bits per heavy atom. The van der Waals surface area contributed by atoms with Crippen molar-refractivity contribution in [1.29, 1.82) is 0 Å². The minimum absolute atomic E-state index is 0.169. The molecule has 5 nitrogen and oxygen atoms in total. The number of carbonyl (C=O) groups excluding carboxylic acids is 2. The molecule has 0 bridgehead atoms. The Kier molecular flexibility index (Phi) is 3.45. The third-order valence-electron chi connectivity index (χ3n) is 2.46. The highest BCUT2D eigenvalue weighted by Crippen LogP contribution is 2.32.